The van der Waals surface area contributed by atoms with Crippen molar-refractivity contribution in [2.24, 2.45) is 0 Å². The van der Waals surface area contributed by atoms with Crippen LogP contribution in [0.3, 0.4) is 0 Å². The Hall–Kier alpha value is -2.66. The average Bonchev–Trinajstić information content (AvgIpc) is 3.10. The van der Waals surface area contributed by atoms with E-state index in [1.54, 1.807) is 0 Å². The minimum atomic E-state index is -4.64. The number of alkyl halides is 3. The highest BCUT2D eigenvalue weighted by molar-refractivity contribution is 7.92. The molecule has 3 rings (SSSR count). The van der Waals surface area contributed by atoms with Crippen LogP contribution in [0.5, 0.6) is 17.2 Å². The molecule has 0 spiro atoms. The molecule has 0 saturated carbocycles. The molecule has 1 saturated heterocycles. The molecule has 170 valence electrons. The zero-order chi connectivity index (χ0) is 22.8. The Kier molecular flexibility index (Phi) is 6.56. The molecular formula is C20H23F3N2O5S. The van der Waals surface area contributed by atoms with E-state index in [1.807, 2.05) is 11.9 Å². The lowest BCUT2D eigenvalue weighted by atomic mass is 10.1. The highest BCUT2D eigenvalue weighted by atomic mass is 32.2. The van der Waals surface area contributed by atoms with Crippen LogP contribution >= 0.6 is 0 Å². The molecule has 2 aromatic rings. The van der Waals surface area contributed by atoms with E-state index < -0.39 is 33.6 Å². The highest BCUT2D eigenvalue weighted by Gasteiger charge is 2.36. The summed E-state index contributed by atoms with van der Waals surface area (Å²) >= 11 is 0. The summed E-state index contributed by atoms with van der Waals surface area (Å²) in [5, 5.41) is 0. The summed E-state index contributed by atoms with van der Waals surface area (Å²) < 4.78 is 83.9. The van der Waals surface area contributed by atoms with Gasteiger partial charge in [-0.05, 0) is 37.7 Å². The van der Waals surface area contributed by atoms with E-state index in [0.29, 0.717) is 25.3 Å². The first-order chi connectivity index (χ1) is 14.5. The number of hydrogen-bond donors (Lipinski definition) is 1. The van der Waals surface area contributed by atoms with E-state index in [-0.39, 0.29) is 16.3 Å². The van der Waals surface area contributed by atoms with Gasteiger partial charge < -0.3 is 19.1 Å². The molecular weight excluding hydrogens is 437 g/mol. The van der Waals surface area contributed by atoms with Crippen LogP contribution in [0.15, 0.2) is 41.3 Å². The van der Waals surface area contributed by atoms with Crippen molar-refractivity contribution in [1.29, 1.82) is 0 Å². The number of methoxy groups -OCH3 is 2. The first kappa shape index (κ1) is 23.0. The summed E-state index contributed by atoms with van der Waals surface area (Å²) in [5.74, 6) is 0.126. The first-order valence-electron chi connectivity index (χ1n) is 9.35. The standard InChI is InChI=1S/C20H23F3N2O5S/c1-25-9-8-14(12-25)30-18-10-13(4-6-16(18)20(21,22)23)24-31(26,27)15-5-7-17(28-2)19(11-15)29-3/h4-7,10-11,14,24H,8-9,12H2,1-3H3/t14-/m1/s1. The van der Waals surface area contributed by atoms with Crippen LogP contribution in [0, 0.1) is 0 Å². The lowest BCUT2D eigenvalue weighted by Gasteiger charge is -2.19. The third-order valence-electron chi connectivity index (χ3n) is 4.85. The number of halogens is 3. The summed E-state index contributed by atoms with van der Waals surface area (Å²) in [6.45, 7) is 1.19. The molecule has 1 aliphatic rings. The number of anilines is 1. The van der Waals surface area contributed by atoms with Gasteiger partial charge in [-0.1, -0.05) is 0 Å². The van der Waals surface area contributed by atoms with Gasteiger partial charge in [0, 0.05) is 25.2 Å². The number of sulfonamides is 1. The van der Waals surface area contributed by atoms with Gasteiger partial charge in [0.15, 0.2) is 11.5 Å². The number of ether oxygens (including phenoxy) is 3. The van der Waals surface area contributed by atoms with Crippen molar-refractivity contribution < 1.29 is 35.8 Å². The van der Waals surface area contributed by atoms with E-state index in [1.165, 1.54) is 32.4 Å². The minimum absolute atomic E-state index is 0.0517. The molecule has 1 heterocycles. The monoisotopic (exact) mass is 460 g/mol. The van der Waals surface area contributed by atoms with Crippen molar-refractivity contribution in [2.75, 3.05) is 39.1 Å². The number of rotatable bonds is 7. The maximum atomic E-state index is 13.4. The van der Waals surface area contributed by atoms with E-state index in [0.717, 1.165) is 18.2 Å². The Morgan fingerprint density at radius 1 is 1.03 bits per heavy atom. The molecule has 0 radical (unpaired) electrons. The van der Waals surface area contributed by atoms with Crippen LogP contribution < -0.4 is 18.9 Å². The Morgan fingerprint density at radius 2 is 1.74 bits per heavy atom. The Morgan fingerprint density at radius 3 is 2.32 bits per heavy atom. The molecule has 0 unspecified atom stereocenters. The lowest BCUT2D eigenvalue weighted by molar-refractivity contribution is -0.139. The molecule has 0 bridgehead atoms. The first-order valence-corrected chi connectivity index (χ1v) is 10.8. The molecule has 31 heavy (non-hydrogen) atoms. The largest absolute Gasteiger partial charge is 0.493 e. The Balaban J connectivity index is 1.91. The van der Waals surface area contributed by atoms with Gasteiger partial charge in [-0.3, -0.25) is 4.72 Å². The van der Waals surface area contributed by atoms with Crippen molar-refractivity contribution in [2.45, 2.75) is 23.6 Å². The second-order valence-corrected chi connectivity index (χ2v) is 8.80. The smallest absolute Gasteiger partial charge is 0.419 e. The SMILES string of the molecule is COc1ccc(S(=O)(=O)Nc2ccc(C(F)(F)F)c(O[C@@H]3CCN(C)C3)c2)cc1OC. The molecule has 7 nitrogen and oxygen atoms in total. The van der Waals surface area contributed by atoms with Crippen LogP contribution in [0.4, 0.5) is 18.9 Å². The van der Waals surface area contributed by atoms with Gasteiger partial charge in [0.1, 0.15) is 11.9 Å². The molecule has 0 aliphatic carbocycles. The van der Waals surface area contributed by atoms with Gasteiger partial charge in [-0.2, -0.15) is 13.2 Å². The molecule has 1 aliphatic heterocycles. The van der Waals surface area contributed by atoms with E-state index in [4.69, 9.17) is 14.2 Å². The summed E-state index contributed by atoms with van der Waals surface area (Å²) in [6.07, 6.45) is -4.47. The quantitative estimate of drug-likeness (QED) is 0.681. The second kappa shape index (κ2) is 8.83. The van der Waals surface area contributed by atoms with Gasteiger partial charge in [0.25, 0.3) is 10.0 Å². The Bertz CT molecular complexity index is 1040. The summed E-state index contributed by atoms with van der Waals surface area (Å²) in [7, 11) is 0.522. The third kappa shape index (κ3) is 5.34. The van der Waals surface area contributed by atoms with E-state index >= 15 is 0 Å². The van der Waals surface area contributed by atoms with Crippen LogP contribution in [0.2, 0.25) is 0 Å². The molecule has 1 atom stereocenters. The molecule has 0 aromatic heterocycles. The predicted octanol–water partition coefficient (Wildman–Crippen LogP) is 3.61. The molecule has 11 heteroatoms. The molecule has 2 aromatic carbocycles. The van der Waals surface area contributed by atoms with Gasteiger partial charge in [0.2, 0.25) is 0 Å². The average molecular weight is 460 g/mol. The van der Waals surface area contributed by atoms with Crippen molar-refractivity contribution in [3.63, 3.8) is 0 Å². The zero-order valence-corrected chi connectivity index (χ0v) is 18.0. The van der Waals surface area contributed by atoms with Gasteiger partial charge in [-0.15, -0.1) is 0 Å². The fourth-order valence-electron chi connectivity index (χ4n) is 3.29. The van der Waals surface area contributed by atoms with Crippen molar-refractivity contribution >= 4 is 15.7 Å². The summed E-state index contributed by atoms with van der Waals surface area (Å²) in [6, 6.07) is 6.90. The fraction of sp³-hybridized carbons (Fsp3) is 0.400. The fourth-order valence-corrected chi connectivity index (χ4v) is 4.35. The number of likely N-dealkylation sites (N-methyl/N-ethyl adjacent to an activating group) is 1. The number of nitrogens with one attached hydrogen (secondary N) is 1. The molecule has 1 fully saturated rings. The number of benzene rings is 2. The van der Waals surface area contributed by atoms with Crippen LogP contribution in [0.25, 0.3) is 0 Å². The van der Waals surface area contributed by atoms with Crippen molar-refractivity contribution in [1.82, 2.24) is 4.90 Å². The third-order valence-corrected chi connectivity index (χ3v) is 6.23. The van der Waals surface area contributed by atoms with Crippen LogP contribution in [-0.4, -0.2) is 53.8 Å². The topological polar surface area (TPSA) is 77.1 Å². The molecule has 1 N–H and O–H groups in total. The zero-order valence-electron chi connectivity index (χ0n) is 17.2. The van der Waals surface area contributed by atoms with Gasteiger partial charge in [-0.25, -0.2) is 8.42 Å². The summed E-state index contributed by atoms with van der Waals surface area (Å²) in [5.41, 5.74) is -1.01. The van der Waals surface area contributed by atoms with Gasteiger partial charge in [0.05, 0.1) is 30.4 Å². The highest BCUT2D eigenvalue weighted by Crippen LogP contribution is 2.39. The number of nitrogens with zero attached hydrogens (tertiary/aromatic N) is 1. The second-order valence-electron chi connectivity index (χ2n) is 7.12. The Labute approximate surface area is 178 Å². The maximum absolute atomic E-state index is 13.4. The normalized spacial score (nSPS) is 17.4. The van der Waals surface area contributed by atoms with Crippen LogP contribution in [-0.2, 0) is 16.2 Å². The van der Waals surface area contributed by atoms with Crippen molar-refractivity contribution in [3.05, 3.63) is 42.0 Å². The van der Waals surface area contributed by atoms with E-state index in [2.05, 4.69) is 4.72 Å². The number of likely N-dealkylation sites (tertiary alicyclic amines) is 1. The van der Waals surface area contributed by atoms with Gasteiger partial charge >= 0.3 is 6.18 Å². The summed E-state index contributed by atoms with van der Waals surface area (Å²) in [4.78, 5) is 1.81. The predicted molar refractivity (Wildman–Crippen MR) is 108 cm³/mol. The lowest BCUT2D eigenvalue weighted by Crippen LogP contribution is -2.23. The van der Waals surface area contributed by atoms with E-state index in [9.17, 15) is 21.6 Å². The van der Waals surface area contributed by atoms with Crippen LogP contribution in [0.1, 0.15) is 12.0 Å². The van der Waals surface area contributed by atoms with Crippen molar-refractivity contribution in [3.8, 4) is 17.2 Å². The number of hydrogen-bond acceptors (Lipinski definition) is 6. The molecule has 0 amide bonds. The minimum Gasteiger partial charge on any atom is -0.493 e. The maximum Gasteiger partial charge on any atom is 0.419 e.